The molecule has 3 atom stereocenters. The third-order valence-electron chi connectivity index (χ3n) is 7.40. The lowest BCUT2D eigenvalue weighted by atomic mass is 9.91. The fourth-order valence-corrected chi connectivity index (χ4v) is 5.10. The summed E-state index contributed by atoms with van der Waals surface area (Å²) in [7, 11) is 0. The van der Waals surface area contributed by atoms with E-state index in [-0.39, 0.29) is 30.0 Å². The van der Waals surface area contributed by atoms with Gasteiger partial charge in [-0.1, -0.05) is 0 Å². The third kappa shape index (κ3) is 5.65. The number of carbonyl (C=O) groups excluding carboxylic acids is 1. The van der Waals surface area contributed by atoms with Gasteiger partial charge in [-0.05, 0) is 65.2 Å². The van der Waals surface area contributed by atoms with Crippen molar-refractivity contribution in [3.63, 3.8) is 0 Å². The van der Waals surface area contributed by atoms with Crippen molar-refractivity contribution < 1.29 is 15.0 Å². The Kier molecular flexibility index (Phi) is 8.31. The Morgan fingerprint density at radius 3 is 2.50 bits per heavy atom. The molecule has 206 valence electrons. The molecule has 11 heteroatoms. The molecule has 1 aliphatic heterocycles. The van der Waals surface area contributed by atoms with Gasteiger partial charge in [-0.3, -0.25) is 14.9 Å². The number of aromatic amines is 1. The molecular weight excluding hydrogens is 486 g/mol. The Labute approximate surface area is 222 Å². The number of aliphatic hydroxyl groups is 2. The van der Waals surface area contributed by atoms with Crippen LogP contribution in [0.3, 0.4) is 0 Å². The van der Waals surface area contributed by atoms with Crippen molar-refractivity contribution in [1.29, 1.82) is 0 Å². The average Bonchev–Trinajstić information content (AvgIpc) is 3.31. The summed E-state index contributed by atoms with van der Waals surface area (Å²) in [5.41, 5.74) is 10.1. The van der Waals surface area contributed by atoms with Gasteiger partial charge in [0.05, 0.1) is 12.3 Å². The molecule has 1 fully saturated rings. The van der Waals surface area contributed by atoms with Crippen molar-refractivity contribution in [2.24, 2.45) is 5.73 Å². The number of aliphatic hydroxyl groups excluding tert-OH is 2. The van der Waals surface area contributed by atoms with Gasteiger partial charge in [-0.15, -0.1) is 0 Å². The fraction of sp³-hybridized carbons (Fsp3) is 0.556. The number of piperidine rings is 1. The normalized spacial score (nSPS) is 17.2. The molecule has 1 amide bonds. The molecule has 0 radical (unpaired) electrons. The highest BCUT2D eigenvalue weighted by Crippen LogP contribution is 2.32. The van der Waals surface area contributed by atoms with E-state index in [2.05, 4.69) is 15.4 Å². The van der Waals surface area contributed by atoms with Crippen molar-refractivity contribution >= 4 is 16.9 Å². The summed E-state index contributed by atoms with van der Waals surface area (Å²) in [5.74, 6) is -0.170. The van der Waals surface area contributed by atoms with Gasteiger partial charge >= 0.3 is 0 Å². The molecule has 3 unspecified atom stereocenters. The van der Waals surface area contributed by atoms with E-state index in [4.69, 9.17) is 10.7 Å². The number of carbonyl (C=O) groups is 1. The lowest BCUT2D eigenvalue weighted by molar-refractivity contribution is -0.135. The molecule has 3 aromatic heterocycles. The summed E-state index contributed by atoms with van der Waals surface area (Å²) in [6, 6.07) is 2.95. The van der Waals surface area contributed by atoms with Crippen LogP contribution in [0.5, 0.6) is 0 Å². The summed E-state index contributed by atoms with van der Waals surface area (Å²) in [6.07, 6.45) is 1.14. The van der Waals surface area contributed by atoms with Crippen molar-refractivity contribution in [3.05, 3.63) is 56.8 Å². The zero-order valence-electron chi connectivity index (χ0n) is 22.7. The molecule has 0 aromatic carbocycles. The number of aromatic nitrogens is 4. The molecule has 6 N–H and O–H groups in total. The molecular formula is C27H39N7O4. The Bertz CT molecular complexity index is 1360. The maximum Gasteiger partial charge on any atom is 0.252 e. The molecule has 0 spiro atoms. The molecule has 0 aliphatic carbocycles. The Balaban J connectivity index is 1.60. The molecule has 4 heterocycles. The number of pyridine rings is 2. The molecule has 4 rings (SSSR count). The number of rotatable bonds is 8. The second-order valence-corrected chi connectivity index (χ2v) is 10.6. The van der Waals surface area contributed by atoms with Crippen molar-refractivity contribution in [2.45, 2.75) is 84.3 Å². The Morgan fingerprint density at radius 2 is 1.89 bits per heavy atom. The summed E-state index contributed by atoms with van der Waals surface area (Å²) in [4.78, 5) is 34.5. The van der Waals surface area contributed by atoms with Crippen LogP contribution < -0.4 is 16.6 Å². The van der Waals surface area contributed by atoms with E-state index in [0.717, 1.165) is 22.3 Å². The standard InChI is InChI=1S/C27H39N7O4/c1-14(2)34-24-21(13-30-34)19(25(36)29-12-20-15(3)10-16(4)31-26(20)37)11-22(32-24)18-6-8-33(9-7-18)27(38)23(28)17(5)35/h10-11,13-14,17-18,23,25,29,35-36H,6-9,12,28H2,1-5H3,(H,31,37). The highest BCUT2D eigenvalue weighted by molar-refractivity contribution is 5.82. The molecule has 11 nitrogen and oxygen atoms in total. The quantitative estimate of drug-likeness (QED) is 0.276. The summed E-state index contributed by atoms with van der Waals surface area (Å²) in [5, 5.41) is 29.3. The molecule has 1 saturated heterocycles. The van der Waals surface area contributed by atoms with Crippen LogP contribution in [0.4, 0.5) is 0 Å². The van der Waals surface area contributed by atoms with Gasteiger partial charge in [-0.25, -0.2) is 9.67 Å². The SMILES string of the molecule is Cc1cc(C)c(CNC(O)c2cc(C3CCN(C(=O)C(N)C(C)O)CC3)nc3c2cnn3C(C)C)c(=O)[nH]1. The number of nitrogens with two attached hydrogens (primary N) is 1. The third-order valence-corrected chi connectivity index (χ3v) is 7.40. The first kappa shape index (κ1) is 27.9. The maximum absolute atomic E-state index is 12.6. The van der Waals surface area contributed by atoms with Crippen molar-refractivity contribution in [1.82, 2.24) is 30.0 Å². The number of aryl methyl sites for hydroxylation is 2. The van der Waals surface area contributed by atoms with Crippen molar-refractivity contribution in [3.8, 4) is 0 Å². The zero-order chi connectivity index (χ0) is 27.7. The summed E-state index contributed by atoms with van der Waals surface area (Å²) < 4.78 is 1.84. The van der Waals surface area contributed by atoms with Crippen molar-refractivity contribution in [2.75, 3.05) is 13.1 Å². The Morgan fingerprint density at radius 1 is 1.21 bits per heavy atom. The number of likely N-dealkylation sites (tertiary alicyclic amines) is 1. The van der Waals surface area contributed by atoms with Crippen LogP contribution in [-0.4, -0.2) is 66.0 Å². The zero-order valence-corrected chi connectivity index (χ0v) is 22.7. The van der Waals surface area contributed by atoms with E-state index in [9.17, 15) is 19.8 Å². The van der Waals surface area contributed by atoms with E-state index in [0.29, 0.717) is 42.7 Å². The largest absolute Gasteiger partial charge is 0.391 e. The van der Waals surface area contributed by atoms with Gasteiger partial charge in [0.2, 0.25) is 5.91 Å². The number of hydrogen-bond donors (Lipinski definition) is 5. The van der Waals surface area contributed by atoms with Gasteiger partial charge in [0, 0.05) is 59.5 Å². The second-order valence-electron chi connectivity index (χ2n) is 10.6. The van der Waals surface area contributed by atoms with Gasteiger partial charge in [0.1, 0.15) is 12.3 Å². The first-order valence-electron chi connectivity index (χ1n) is 13.2. The second kappa shape index (κ2) is 11.3. The topological polar surface area (TPSA) is 162 Å². The van der Waals surface area contributed by atoms with E-state index in [1.165, 1.54) is 6.92 Å². The Hall–Kier alpha value is -3.12. The van der Waals surface area contributed by atoms with Gasteiger partial charge in [0.25, 0.3) is 5.56 Å². The lowest BCUT2D eigenvalue weighted by Crippen LogP contribution is -2.51. The number of nitrogens with zero attached hydrogens (tertiary/aromatic N) is 4. The summed E-state index contributed by atoms with van der Waals surface area (Å²) in [6.45, 7) is 10.5. The molecule has 0 saturated carbocycles. The number of hydrogen-bond acceptors (Lipinski definition) is 8. The molecule has 1 aliphatic rings. The van der Waals surface area contributed by atoms with Crippen LogP contribution >= 0.6 is 0 Å². The fourth-order valence-electron chi connectivity index (χ4n) is 5.10. The summed E-state index contributed by atoms with van der Waals surface area (Å²) >= 11 is 0. The smallest absolute Gasteiger partial charge is 0.252 e. The van der Waals surface area contributed by atoms with E-state index >= 15 is 0 Å². The van der Waals surface area contributed by atoms with Crippen LogP contribution in [0.2, 0.25) is 0 Å². The monoisotopic (exact) mass is 525 g/mol. The molecule has 38 heavy (non-hydrogen) atoms. The van der Waals surface area contributed by atoms with Crippen LogP contribution in [0.1, 0.15) is 79.9 Å². The first-order chi connectivity index (χ1) is 18.0. The number of amides is 1. The average molecular weight is 526 g/mol. The number of H-pyrrole nitrogens is 1. The minimum absolute atomic E-state index is 0.0726. The van der Waals surface area contributed by atoms with Gasteiger partial charge in [0.15, 0.2) is 5.65 Å². The predicted molar refractivity (Wildman–Crippen MR) is 144 cm³/mol. The van der Waals surface area contributed by atoms with Gasteiger partial charge in [-0.2, -0.15) is 5.10 Å². The molecule has 0 bridgehead atoms. The van der Waals surface area contributed by atoms with E-state index in [1.54, 1.807) is 11.1 Å². The first-order valence-corrected chi connectivity index (χ1v) is 13.2. The predicted octanol–water partition coefficient (Wildman–Crippen LogP) is 1.51. The van der Waals surface area contributed by atoms with Crippen LogP contribution in [0.25, 0.3) is 11.0 Å². The number of fused-ring (bicyclic) bond motifs is 1. The lowest BCUT2D eigenvalue weighted by Gasteiger charge is -2.34. The minimum atomic E-state index is -1.05. The molecule has 3 aromatic rings. The number of nitrogens with one attached hydrogen (secondary N) is 2. The van der Waals surface area contributed by atoms with Gasteiger partial charge < -0.3 is 25.8 Å². The maximum atomic E-state index is 12.6. The highest BCUT2D eigenvalue weighted by Gasteiger charge is 2.30. The van der Waals surface area contributed by atoms with E-state index in [1.807, 2.05) is 44.5 Å². The van der Waals surface area contributed by atoms with Crippen LogP contribution in [0.15, 0.2) is 23.1 Å². The highest BCUT2D eigenvalue weighted by atomic mass is 16.3. The minimum Gasteiger partial charge on any atom is -0.391 e. The van der Waals surface area contributed by atoms with E-state index < -0.39 is 18.4 Å². The van der Waals surface area contributed by atoms with Crippen LogP contribution in [-0.2, 0) is 11.3 Å². The van der Waals surface area contributed by atoms with Crippen LogP contribution in [0, 0.1) is 13.8 Å².